The van der Waals surface area contributed by atoms with E-state index in [0.29, 0.717) is 44.2 Å². The summed E-state index contributed by atoms with van der Waals surface area (Å²) < 4.78 is 41.2. The van der Waals surface area contributed by atoms with Gasteiger partial charge in [-0.25, -0.2) is 8.42 Å². The molecule has 0 N–H and O–H groups in total. The van der Waals surface area contributed by atoms with Gasteiger partial charge in [0.15, 0.2) is 0 Å². The number of nitrogens with zero attached hydrogens (tertiary/aromatic N) is 2. The van der Waals surface area contributed by atoms with Gasteiger partial charge in [0.05, 0.1) is 24.7 Å². The Morgan fingerprint density at radius 2 is 1.88 bits per heavy atom. The minimum Gasteiger partial charge on any atom is -0.465 e. The van der Waals surface area contributed by atoms with Crippen LogP contribution in [0, 0.1) is 12.3 Å². The lowest BCUT2D eigenvalue weighted by Crippen LogP contribution is -2.40. The first kappa shape index (κ1) is 24.9. The smallest absolute Gasteiger partial charge is 0.325 e. The van der Waals surface area contributed by atoms with E-state index < -0.39 is 10.0 Å². The van der Waals surface area contributed by atoms with Gasteiger partial charge in [0.25, 0.3) is 0 Å². The van der Waals surface area contributed by atoms with Crippen molar-refractivity contribution in [2.45, 2.75) is 64.8 Å². The molecule has 2 aromatic rings. The number of aromatic nitrogens is 1. The van der Waals surface area contributed by atoms with Gasteiger partial charge >= 0.3 is 5.97 Å². The van der Waals surface area contributed by atoms with Gasteiger partial charge in [0, 0.05) is 30.9 Å². The molecule has 4 rings (SSSR count). The predicted molar refractivity (Wildman–Crippen MR) is 130 cm³/mol. The van der Waals surface area contributed by atoms with Crippen molar-refractivity contribution in [3.05, 3.63) is 52.3 Å². The first-order valence-electron chi connectivity index (χ1n) is 12.1. The highest BCUT2D eigenvalue weighted by Crippen LogP contribution is 2.40. The monoisotopic (exact) mass is 488 g/mol. The normalized spacial score (nSPS) is 18.5. The fourth-order valence-electron chi connectivity index (χ4n) is 5.23. The van der Waals surface area contributed by atoms with Crippen LogP contribution in [0.25, 0.3) is 0 Å². The zero-order valence-electron chi connectivity index (χ0n) is 20.7. The maximum atomic E-state index is 13.5. The van der Waals surface area contributed by atoms with Crippen molar-refractivity contribution in [1.82, 2.24) is 8.87 Å². The third-order valence-electron chi connectivity index (χ3n) is 7.10. The highest BCUT2D eigenvalue weighted by molar-refractivity contribution is 7.89. The van der Waals surface area contributed by atoms with Crippen LogP contribution in [0.1, 0.15) is 55.3 Å². The SMILES string of the molecule is CCOC(=O)Cn1c(C)c(Cc2ccccc2S(=O)(=O)N2CCOCC2)c2c1CC(C)(C)CC2. The molecule has 8 heteroatoms. The van der Waals surface area contributed by atoms with Crippen LogP contribution in [-0.2, 0) is 50.1 Å². The number of rotatable bonds is 7. The van der Waals surface area contributed by atoms with E-state index in [9.17, 15) is 13.2 Å². The van der Waals surface area contributed by atoms with E-state index in [1.165, 1.54) is 15.6 Å². The zero-order chi connectivity index (χ0) is 24.5. The molecule has 0 spiro atoms. The first-order chi connectivity index (χ1) is 16.1. The van der Waals surface area contributed by atoms with Crippen molar-refractivity contribution in [2.75, 3.05) is 32.9 Å². The Morgan fingerprint density at radius 3 is 2.59 bits per heavy atom. The molecule has 0 radical (unpaired) electrons. The van der Waals surface area contributed by atoms with Crippen LogP contribution in [0.5, 0.6) is 0 Å². The number of fused-ring (bicyclic) bond motifs is 1. The predicted octanol–water partition coefficient (Wildman–Crippen LogP) is 3.49. The Kier molecular flexibility index (Phi) is 7.22. The summed E-state index contributed by atoms with van der Waals surface area (Å²) in [5.41, 5.74) is 5.55. The lowest BCUT2D eigenvalue weighted by Gasteiger charge is -2.31. The molecule has 1 fully saturated rings. The summed E-state index contributed by atoms with van der Waals surface area (Å²) in [6.45, 7) is 10.5. The van der Waals surface area contributed by atoms with Crippen molar-refractivity contribution in [3.63, 3.8) is 0 Å². The van der Waals surface area contributed by atoms with E-state index in [-0.39, 0.29) is 17.9 Å². The Balaban J connectivity index is 1.74. The van der Waals surface area contributed by atoms with E-state index in [1.54, 1.807) is 12.1 Å². The summed E-state index contributed by atoms with van der Waals surface area (Å²) in [7, 11) is -3.61. The highest BCUT2D eigenvalue weighted by Gasteiger charge is 2.33. The number of carbonyl (C=O) groups is 1. The molecule has 34 heavy (non-hydrogen) atoms. The van der Waals surface area contributed by atoms with Gasteiger partial charge in [-0.3, -0.25) is 4.79 Å². The van der Waals surface area contributed by atoms with Gasteiger partial charge < -0.3 is 14.0 Å². The number of benzene rings is 1. The molecule has 0 unspecified atom stereocenters. The minimum absolute atomic E-state index is 0.152. The Labute approximate surface area is 203 Å². The topological polar surface area (TPSA) is 77.8 Å². The lowest BCUT2D eigenvalue weighted by molar-refractivity contribution is -0.143. The number of morpholine rings is 1. The van der Waals surface area contributed by atoms with Crippen LogP contribution >= 0.6 is 0 Å². The second kappa shape index (κ2) is 9.84. The summed E-state index contributed by atoms with van der Waals surface area (Å²) in [5, 5.41) is 0. The maximum Gasteiger partial charge on any atom is 0.325 e. The Morgan fingerprint density at radius 1 is 1.18 bits per heavy atom. The summed E-state index contributed by atoms with van der Waals surface area (Å²) in [5.74, 6) is -0.242. The van der Waals surface area contributed by atoms with Crippen LogP contribution < -0.4 is 0 Å². The van der Waals surface area contributed by atoms with Gasteiger partial charge in [-0.05, 0) is 61.3 Å². The van der Waals surface area contributed by atoms with E-state index >= 15 is 0 Å². The third kappa shape index (κ3) is 4.95. The molecule has 1 aliphatic heterocycles. The van der Waals surface area contributed by atoms with Gasteiger partial charge in [0.2, 0.25) is 10.0 Å². The highest BCUT2D eigenvalue weighted by atomic mass is 32.2. The van der Waals surface area contributed by atoms with Gasteiger partial charge in [0.1, 0.15) is 6.54 Å². The van der Waals surface area contributed by atoms with Crippen LogP contribution in [-0.4, -0.2) is 56.2 Å². The molecule has 2 aliphatic rings. The van der Waals surface area contributed by atoms with Crippen LogP contribution in [0.3, 0.4) is 0 Å². The molecule has 186 valence electrons. The molecule has 1 aliphatic carbocycles. The molecule has 7 nitrogen and oxygen atoms in total. The van der Waals surface area contributed by atoms with E-state index in [4.69, 9.17) is 9.47 Å². The van der Waals surface area contributed by atoms with Crippen LogP contribution in [0.4, 0.5) is 0 Å². The molecule has 1 saturated heterocycles. The molecule has 1 aromatic carbocycles. The number of hydrogen-bond donors (Lipinski definition) is 0. The lowest BCUT2D eigenvalue weighted by atomic mass is 9.76. The molecule has 0 saturated carbocycles. The molecule has 0 atom stereocenters. The first-order valence-corrected chi connectivity index (χ1v) is 13.6. The minimum atomic E-state index is -3.61. The largest absolute Gasteiger partial charge is 0.465 e. The number of ether oxygens (including phenoxy) is 2. The van der Waals surface area contributed by atoms with Crippen molar-refractivity contribution < 1.29 is 22.7 Å². The zero-order valence-corrected chi connectivity index (χ0v) is 21.5. The number of sulfonamides is 1. The summed E-state index contributed by atoms with van der Waals surface area (Å²) in [4.78, 5) is 12.8. The molecular formula is C26H36N2O5S. The number of carbonyl (C=O) groups excluding carboxylic acids is 1. The standard InChI is InChI=1S/C26H36N2O5S/c1-5-33-25(29)18-28-19(2)22(21-10-11-26(3,4)17-23(21)28)16-20-8-6-7-9-24(20)34(30,31)27-12-14-32-15-13-27/h6-9H,5,10-18H2,1-4H3. The Bertz CT molecular complexity index is 1160. The van der Waals surface area contributed by atoms with Gasteiger partial charge in [-0.1, -0.05) is 32.0 Å². The van der Waals surface area contributed by atoms with E-state index in [0.717, 1.165) is 36.1 Å². The summed E-state index contributed by atoms with van der Waals surface area (Å²) in [6.07, 6.45) is 3.39. The Hall–Kier alpha value is -2.16. The summed E-state index contributed by atoms with van der Waals surface area (Å²) >= 11 is 0. The molecule has 0 bridgehead atoms. The third-order valence-corrected chi connectivity index (χ3v) is 9.10. The van der Waals surface area contributed by atoms with Crippen molar-refractivity contribution in [3.8, 4) is 0 Å². The van der Waals surface area contributed by atoms with Crippen molar-refractivity contribution in [1.29, 1.82) is 0 Å². The van der Waals surface area contributed by atoms with Crippen molar-refractivity contribution >= 4 is 16.0 Å². The van der Waals surface area contributed by atoms with Gasteiger partial charge in [-0.15, -0.1) is 0 Å². The van der Waals surface area contributed by atoms with Crippen LogP contribution in [0.2, 0.25) is 0 Å². The van der Waals surface area contributed by atoms with Crippen molar-refractivity contribution in [2.24, 2.45) is 5.41 Å². The molecule has 0 amide bonds. The molecule has 1 aromatic heterocycles. The average molecular weight is 489 g/mol. The number of esters is 1. The average Bonchev–Trinajstić information content (AvgIpc) is 3.04. The second-order valence-corrected chi connectivity index (χ2v) is 11.9. The fourth-order valence-corrected chi connectivity index (χ4v) is 6.86. The molecule has 2 heterocycles. The maximum absolute atomic E-state index is 13.5. The fraction of sp³-hybridized carbons (Fsp3) is 0.577. The quantitative estimate of drug-likeness (QED) is 0.558. The van der Waals surface area contributed by atoms with E-state index in [1.807, 2.05) is 26.0 Å². The van der Waals surface area contributed by atoms with E-state index in [2.05, 4.69) is 18.4 Å². The summed E-state index contributed by atoms with van der Waals surface area (Å²) in [6, 6.07) is 7.30. The number of hydrogen-bond acceptors (Lipinski definition) is 5. The van der Waals surface area contributed by atoms with Crippen LogP contribution in [0.15, 0.2) is 29.2 Å². The second-order valence-electron chi connectivity index (χ2n) is 10.0. The van der Waals surface area contributed by atoms with Gasteiger partial charge in [-0.2, -0.15) is 4.31 Å². The molecular weight excluding hydrogens is 452 g/mol.